The maximum atomic E-state index is 13.0. The minimum absolute atomic E-state index is 0.0214. The lowest BCUT2D eigenvalue weighted by Gasteiger charge is -2.34. The van der Waals surface area contributed by atoms with E-state index in [2.05, 4.69) is 19.2 Å². The number of sulfone groups is 1. The van der Waals surface area contributed by atoms with E-state index in [0.29, 0.717) is 5.92 Å². The van der Waals surface area contributed by atoms with Crippen LogP contribution in [-0.2, 0) is 9.84 Å². The van der Waals surface area contributed by atoms with Crippen LogP contribution in [0.15, 0.2) is 52.3 Å². The number of benzene rings is 2. The molecule has 30 heavy (non-hydrogen) atoms. The van der Waals surface area contributed by atoms with Crippen molar-refractivity contribution in [2.75, 3.05) is 0 Å². The number of rotatable bonds is 5. The second-order valence-electron chi connectivity index (χ2n) is 7.72. The molecule has 3 rings (SSSR count). The van der Waals surface area contributed by atoms with Crippen molar-refractivity contribution in [2.45, 2.75) is 48.9 Å². The summed E-state index contributed by atoms with van der Waals surface area (Å²) >= 11 is 5.99. The summed E-state index contributed by atoms with van der Waals surface area (Å²) in [7, 11) is -4.24. The number of carbonyl (C=O) groups excluding carboxylic acids is 1. The lowest BCUT2D eigenvalue weighted by molar-refractivity contribution is -0.387. The van der Waals surface area contributed by atoms with Crippen molar-refractivity contribution in [1.82, 2.24) is 5.32 Å². The van der Waals surface area contributed by atoms with E-state index in [1.165, 1.54) is 24.3 Å². The Kier molecular flexibility index (Phi) is 6.47. The highest BCUT2D eigenvalue weighted by atomic mass is 35.5. The minimum atomic E-state index is -4.24. The molecule has 0 heterocycles. The highest BCUT2D eigenvalue weighted by Crippen LogP contribution is 2.34. The van der Waals surface area contributed by atoms with E-state index in [0.717, 1.165) is 31.4 Å². The third-order valence-electron chi connectivity index (χ3n) is 5.86. The molecule has 9 heteroatoms. The van der Waals surface area contributed by atoms with Gasteiger partial charge in [0.05, 0.1) is 14.8 Å². The third kappa shape index (κ3) is 4.34. The number of hydrogen-bond donors (Lipinski definition) is 1. The van der Waals surface area contributed by atoms with Crippen molar-refractivity contribution in [3.8, 4) is 0 Å². The van der Waals surface area contributed by atoms with Gasteiger partial charge in [-0.2, -0.15) is 0 Å². The maximum Gasteiger partial charge on any atom is 0.289 e. The van der Waals surface area contributed by atoms with Gasteiger partial charge in [-0.15, -0.1) is 0 Å². The Hall–Kier alpha value is -2.45. The number of hydrogen-bond acceptors (Lipinski definition) is 5. The average Bonchev–Trinajstić information content (AvgIpc) is 2.71. The van der Waals surface area contributed by atoms with Crippen LogP contribution in [0.1, 0.15) is 43.5 Å². The van der Waals surface area contributed by atoms with Crippen molar-refractivity contribution in [1.29, 1.82) is 0 Å². The Balaban J connectivity index is 1.95. The molecule has 1 saturated carbocycles. The van der Waals surface area contributed by atoms with Gasteiger partial charge in [0, 0.05) is 17.7 Å². The van der Waals surface area contributed by atoms with Gasteiger partial charge in [0.1, 0.15) is 4.90 Å². The van der Waals surface area contributed by atoms with Gasteiger partial charge in [0.15, 0.2) is 0 Å². The van der Waals surface area contributed by atoms with Crippen molar-refractivity contribution >= 4 is 33.0 Å². The SMILES string of the molecule is CC1CCCC(NC(=O)c2ccc(S(=O)(=O)c3ccccc3Cl)c([N+](=O)[O-])c2)C1C. The number of nitrogens with zero attached hydrogens (tertiary/aromatic N) is 1. The van der Waals surface area contributed by atoms with Gasteiger partial charge in [-0.3, -0.25) is 14.9 Å². The summed E-state index contributed by atoms with van der Waals surface area (Å²) in [5.74, 6) is 0.310. The number of nitro groups is 1. The molecule has 3 unspecified atom stereocenters. The molecule has 0 aromatic heterocycles. The first-order chi connectivity index (χ1) is 14.1. The molecule has 1 N–H and O–H groups in total. The molecular weight excluding hydrogens is 428 g/mol. The Bertz CT molecular complexity index is 1090. The van der Waals surface area contributed by atoms with Crippen molar-refractivity contribution < 1.29 is 18.1 Å². The molecule has 0 spiro atoms. The van der Waals surface area contributed by atoms with Gasteiger partial charge in [-0.25, -0.2) is 8.42 Å². The topological polar surface area (TPSA) is 106 Å². The highest BCUT2D eigenvalue weighted by Gasteiger charge is 2.32. The summed E-state index contributed by atoms with van der Waals surface area (Å²) in [6, 6.07) is 9.11. The van der Waals surface area contributed by atoms with Gasteiger partial charge in [-0.05, 0) is 42.5 Å². The third-order valence-corrected chi connectivity index (χ3v) is 8.16. The van der Waals surface area contributed by atoms with E-state index in [9.17, 15) is 23.3 Å². The van der Waals surface area contributed by atoms with Gasteiger partial charge in [0.25, 0.3) is 11.6 Å². The minimum Gasteiger partial charge on any atom is -0.349 e. The summed E-state index contributed by atoms with van der Waals surface area (Å²) in [5, 5.41) is 14.5. The lowest BCUT2D eigenvalue weighted by Crippen LogP contribution is -2.43. The number of nitro benzene ring substituents is 1. The smallest absolute Gasteiger partial charge is 0.289 e. The summed E-state index contributed by atoms with van der Waals surface area (Å²) in [6.07, 6.45) is 2.96. The average molecular weight is 451 g/mol. The van der Waals surface area contributed by atoms with Crippen LogP contribution < -0.4 is 5.32 Å². The van der Waals surface area contributed by atoms with Gasteiger partial charge in [-0.1, -0.05) is 50.4 Å². The molecule has 0 radical (unpaired) electrons. The number of nitrogens with one attached hydrogen (secondary N) is 1. The van der Waals surface area contributed by atoms with E-state index in [1.54, 1.807) is 6.07 Å². The molecule has 2 aromatic carbocycles. The Labute approximate surface area is 180 Å². The van der Waals surface area contributed by atoms with Crippen molar-refractivity contribution in [3.63, 3.8) is 0 Å². The van der Waals surface area contributed by atoms with Crippen LogP contribution in [0.3, 0.4) is 0 Å². The van der Waals surface area contributed by atoms with E-state index < -0.39 is 31.3 Å². The van der Waals surface area contributed by atoms with Crippen LogP contribution in [0.4, 0.5) is 5.69 Å². The van der Waals surface area contributed by atoms with Crippen LogP contribution >= 0.6 is 11.6 Å². The van der Waals surface area contributed by atoms with Crippen molar-refractivity contribution in [2.24, 2.45) is 11.8 Å². The fraction of sp³-hybridized carbons (Fsp3) is 0.381. The molecule has 1 aliphatic rings. The molecule has 2 aromatic rings. The second-order valence-corrected chi connectivity index (χ2v) is 10.0. The predicted octanol–water partition coefficient (Wildman–Crippen LogP) is 4.64. The van der Waals surface area contributed by atoms with Gasteiger partial charge >= 0.3 is 0 Å². The fourth-order valence-corrected chi connectivity index (χ4v) is 5.76. The summed E-state index contributed by atoms with van der Waals surface area (Å²) in [4.78, 5) is 22.8. The first kappa shape index (κ1) is 22.2. The Morgan fingerprint density at radius 3 is 2.50 bits per heavy atom. The number of amides is 1. The largest absolute Gasteiger partial charge is 0.349 e. The summed E-state index contributed by atoms with van der Waals surface area (Å²) < 4.78 is 25.9. The molecule has 1 aliphatic carbocycles. The van der Waals surface area contributed by atoms with Gasteiger partial charge < -0.3 is 5.32 Å². The number of carbonyl (C=O) groups is 1. The number of halogens is 1. The summed E-state index contributed by atoms with van der Waals surface area (Å²) in [6.45, 7) is 4.22. The fourth-order valence-electron chi connectivity index (χ4n) is 3.85. The van der Waals surface area contributed by atoms with Crippen LogP contribution in [-0.4, -0.2) is 25.3 Å². The Morgan fingerprint density at radius 1 is 1.13 bits per heavy atom. The molecule has 1 amide bonds. The molecule has 0 saturated heterocycles. The molecular formula is C21H23ClN2O5S. The molecule has 3 atom stereocenters. The summed E-state index contributed by atoms with van der Waals surface area (Å²) in [5.41, 5.74) is -0.613. The molecule has 0 aliphatic heterocycles. The van der Waals surface area contributed by atoms with Crippen LogP contribution in [0.5, 0.6) is 0 Å². The van der Waals surface area contributed by atoms with Crippen LogP contribution in [0, 0.1) is 22.0 Å². The van der Waals surface area contributed by atoms with Gasteiger partial charge in [0.2, 0.25) is 9.84 Å². The zero-order valence-electron chi connectivity index (χ0n) is 16.7. The lowest BCUT2D eigenvalue weighted by atomic mass is 9.78. The molecule has 0 bridgehead atoms. The van der Waals surface area contributed by atoms with Crippen LogP contribution in [0.25, 0.3) is 0 Å². The van der Waals surface area contributed by atoms with Crippen molar-refractivity contribution in [3.05, 3.63) is 63.2 Å². The zero-order chi connectivity index (χ0) is 22.1. The monoisotopic (exact) mass is 450 g/mol. The zero-order valence-corrected chi connectivity index (χ0v) is 18.2. The van der Waals surface area contributed by atoms with E-state index in [4.69, 9.17) is 11.6 Å². The molecule has 1 fully saturated rings. The highest BCUT2D eigenvalue weighted by molar-refractivity contribution is 7.91. The maximum absolute atomic E-state index is 13.0. The quantitative estimate of drug-likeness (QED) is 0.527. The first-order valence-electron chi connectivity index (χ1n) is 9.72. The second kappa shape index (κ2) is 8.73. The van der Waals surface area contributed by atoms with E-state index in [1.807, 2.05) is 0 Å². The Morgan fingerprint density at radius 2 is 1.83 bits per heavy atom. The molecule has 7 nitrogen and oxygen atoms in total. The standard InChI is InChI=1S/C21H23ClN2O5S/c1-13-6-5-8-17(14(13)2)23-21(25)15-10-11-20(18(12-15)24(26)27)30(28,29)19-9-4-3-7-16(19)22/h3-4,7,9-14,17H,5-6,8H2,1-2H3,(H,23,25). The first-order valence-corrected chi connectivity index (χ1v) is 11.6. The molecule has 160 valence electrons. The van der Waals surface area contributed by atoms with E-state index in [-0.39, 0.29) is 27.4 Å². The normalized spacial score (nSPS) is 21.8. The predicted molar refractivity (Wildman–Crippen MR) is 113 cm³/mol. The van der Waals surface area contributed by atoms with E-state index >= 15 is 0 Å². The van der Waals surface area contributed by atoms with Crippen LogP contribution in [0.2, 0.25) is 5.02 Å².